The number of nitrogens with zero attached hydrogens (tertiary/aromatic N) is 5. The van der Waals surface area contributed by atoms with Crippen LogP contribution in [0.2, 0.25) is 0 Å². The van der Waals surface area contributed by atoms with Crippen molar-refractivity contribution in [1.29, 1.82) is 0 Å². The first-order valence-corrected chi connectivity index (χ1v) is 12.9. The largest absolute Gasteiger partial charge is 0.493 e. The Kier molecular flexibility index (Phi) is 6.61. The second-order valence-electron chi connectivity index (χ2n) is 9.37. The van der Waals surface area contributed by atoms with Gasteiger partial charge < -0.3 is 20.1 Å². The lowest BCUT2D eigenvalue weighted by Gasteiger charge is -2.17. The number of benzene rings is 2. The van der Waals surface area contributed by atoms with Crippen LogP contribution in [0.5, 0.6) is 11.5 Å². The molecule has 6 rings (SSSR count). The summed E-state index contributed by atoms with van der Waals surface area (Å²) in [4.78, 5) is 39.6. The molecule has 40 heavy (non-hydrogen) atoms. The van der Waals surface area contributed by atoms with Gasteiger partial charge in [0.25, 0.3) is 11.8 Å². The van der Waals surface area contributed by atoms with E-state index in [-0.39, 0.29) is 31.0 Å². The van der Waals surface area contributed by atoms with E-state index in [4.69, 9.17) is 9.47 Å². The normalized spacial score (nSPS) is 13.6. The molecular weight excluding hydrogens is 510 g/mol. The van der Waals surface area contributed by atoms with Crippen LogP contribution in [0.3, 0.4) is 0 Å². The van der Waals surface area contributed by atoms with Gasteiger partial charge >= 0.3 is 0 Å². The maximum absolute atomic E-state index is 13.6. The number of imidazole rings is 2. The van der Waals surface area contributed by atoms with Gasteiger partial charge in [0, 0.05) is 54.3 Å². The number of amides is 2. The van der Waals surface area contributed by atoms with Crippen LogP contribution in [0.15, 0.2) is 73.4 Å². The van der Waals surface area contributed by atoms with Crippen molar-refractivity contribution in [3.63, 3.8) is 0 Å². The number of aromatic nitrogens is 5. The van der Waals surface area contributed by atoms with Gasteiger partial charge in [-0.3, -0.25) is 18.6 Å². The van der Waals surface area contributed by atoms with E-state index in [1.165, 1.54) is 0 Å². The van der Waals surface area contributed by atoms with Crippen molar-refractivity contribution in [2.45, 2.75) is 25.9 Å². The van der Waals surface area contributed by atoms with Crippen LogP contribution in [0, 0.1) is 0 Å². The number of hydrogen-bond acceptors (Lipinski definition) is 7. The van der Waals surface area contributed by atoms with Crippen LogP contribution in [0.4, 0.5) is 0 Å². The van der Waals surface area contributed by atoms with E-state index >= 15 is 0 Å². The second kappa shape index (κ2) is 10.5. The Morgan fingerprint density at radius 2 is 2.08 bits per heavy atom. The summed E-state index contributed by atoms with van der Waals surface area (Å²) >= 11 is 0. The average Bonchev–Trinajstić information content (AvgIpc) is 3.64. The zero-order valence-corrected chi connectivity index (χ0v) is 22.0. The molecule has 0 aliphatic carbocycles. The van der Waals surface area contributed by atoms with Gasteiger partial charge in [-0.2, -0.15) is 0 Å². The lowest BCUT2D eigenvalue weighted by molar-refractivity contribution is -0.123. The van der Waals surface area contributed by atoms with E-state index in [9.17, 15) is 9.59 Å². The molecule has 11 heteroatoms. The molecule has 1 atom stereocenters. The predicted octanol–water partition coefficient (Wildman–Crippen LogP) is 3.48. The molecule has 0 saturated carbocycles. The van der Waals surface area contributed by atoms with Crippen molar-refractivity contribution in [3.8, 4) is 28.6 Å². The van der Waals surface area contributed by atoms with Crippen molar-refractivity contribution in [1.82, 2.24) is 34.6 Å². The Morgan fingerprint density at radius 3 is 2.90 bits per heavy atom. The van der Waals surface area contributed by atoms with Gasteiger partial charge in [-0.1, -0.05) is 6.92 Å². The Hall–Kier alpha value is -5.19. The fourth-order valence-electron chi connectivity index (χ4n) is 4.74. The summed E-state index contributed by atoms with van der Waals surface area (Å²) in [6.07, 6.45) is 9.60. The lowest BCUT2D eigenvalue weighted by Crippen LogP contribution is -2.30. The second-order valence-corrected chi connectivity index (χ2v) is 9.37. The van der Waals surface area contributed by atoms with Crippen LogP contribution in [-0.4, -0.2) is 49.5 Å². The van der Waals surface area contributed by atoms with E-state index in [2.05, 4.69) is 25.6 Å². The minimum Gasteiger partial charge on any atom is -0.493 e. The molecule has 0 spiro atoms. The summed E-state index contributed by atoms with van der Waals surface area (Å²) < 4.78 is 14.9. The highest BCUT2D eigenvalue weighted by Gasteiger charge is 2.20. The van der Waals surface area contributed by atoms with Gasteiger partial charge in [-0.15, -0.1) is 0 Å². The van der Waals surface area contributed by atoms with E-state index < -0.39 is 0 Å². The number of carbonyl (C=O) groups excluding carboxylic acids is 2. The summed E-state index contributed by atoms with van der Waals surface area (Å²) in [5.41, 5.74) is 3.42. The van der Waals surface area contributed by atoms with Crippen molar-refractivity contribution >= 4 is 17.6 Å². The maximum Gasteiger partial charge on any atom is 0.258 e. The highest BCUT2D eigenvalue weighted by Crippen LogP contribution is 2.33. The van der Waals surface area contributed by atoms with Crippen LogP contribution >= 0.6 is 0 Å². The van der Waals surface area contributed by atoms with Gasteiger partial charge in [-0.25, -0.2) is 15.0 Å². The number of ether oxygens (including phenoxy) is 2. The molecular formula is C29H27N7O4. The number of fused-ring (bicyclic) bond motifs is 8. The van der Waals surface area contributed by atoms with Gasteiger partial charge in [0.1, 0.15) is 5.82 Å². The molecule has 4 bridgehead atoms. The summed E-state index contributed by atoms with van der Waals surface area (Å²) in [5, 5.41) is 5.99. The zero-order chi connectivity index (χ0) is 27.6. The molecule has 1 aliphatic heterocycles. The summed E-state index contributed by atoms with van der Waals surface area (Å²) in [6.45, 7) is 2.02. The molecule has 0 saturated heterocycles. The summed E-state index contributed by atoms with van der Waals surface area (Å²) in [6, 6.07) is 12.5. The topological polar surface area (TPSA) is 125 Å². The molecule has 2 aromatic carbocycles. The SMILES string of the molecule is CCC(NC(=O)c1cc2cc(c1)-n1ccnc1-c1ccc(OC)c(c1)OCC(=O)NC2)c1cn2cccnc2n1. The highest BCUT2D eigenvalue weighted by atomic mass is 16.5. The molecule has 202 valence electrons. The summed E-state index contributed by atoms with van der Waals surface area (Å²) in [7, 11) is 1.55. The van der Waals surface area contributed by atoms with E-state index in [0.29, 0.717) is 35.1 Å². The molecule has 5 aromatic rings. The molecule has 3 aromatic heterocycles. The molecule has 0 radical (unpaired) electrons. The van der Waals surface area contributed by atoms with Crippen LogP contribution in [0.1, 0.15) is 41.0 Å². The van der Waals surface area contributed by atoms with E-state index in [1.54, 1.807) is 37.7 Å². The smallest absolute Gasteiger partial charge is 0.258 e. The fourth-order valence-corrected chi connectivity index (χ4v) is 4.74. The van der Waals surface area contributed by atoms with Crippen LogP contribution in [0.25, 0.3) is 22.9 Å². The number of carbonyl (C=O) groups is 2. The van der Waals surface area contributed by atoms with Crippen molar-refractivity contribution in [3.05, 3.63) is 90.3 Å². The Bertz CT molecular complexity index is 1690. The van der Waals surface area contributed by atoms with Crippen molar-refractivity contribution in [2.75, 3.05) is 13.7 Å². The number of methoxy groups -OCH3 is 1. The number of rotatable bonds is 5. The number of nitrogens with one attached hydrogen (secondary N) is 2. The molecule has 2 N–H and O–H groups in total. The first-order chi connectivity index (χ1) is 19.5. The Morgan fingerprint density at radius 1 is 1.18 bits per heavy atom. The molecule has 1 aliphatic rings. The monoisotopic (exact) mass is 537 g/mol. The van der Waals surface area contributed by atoms with Gasteiger partial charge in [0.05, 0.1) is 18.8 Å². The van der Waals surface area contributed by atoms with Gasteiger partial charge in [0.15, 0.2) is 18.1 Å². The molecule has 4 heterocycles. The highest BCUT2D eigenvalue weighted by molar-refractivity contribution is 5.95. The first kappa shape index (κ1) is 25.1. The molecule has 0 fully saturated rings. The predicted molar refractivity (Wildman–Crippen MR) is 146 cm³/mol. The lowest BCUT2D eigenvalue weighted by atomic mass is 10.1. The Balaban J connectivity index is 1.38. The third kappa shape index (κ3) is 4.84. The molecule has 11 nitrogen and oxygen atoms in total. The zero-order valence-electron chi connectivity index (χ0n) is 22.0. The van der Waals surface area contributed by atoms with Crippen LogP contribution in [-0.2, 0) is 11.3 Å². The maximum atomic E-state index is 13.6. The molecule has 2 amide bonds. The van der Waals surface area contributed by atoms with E-state index in [0.717, 1.165) is 22.5 Å². The third-order valence-corrected chi connectivity index (χ3v) is 6.75. The fraction of sp³-hybridized carbons (Fsp3) is 0.207. The minimum absolute atomic E-state index is 0.187. The standard InChI is InChI=1S/C29H27N7O4/c1-3-22(23-16-35-9-4-7-31-29(35)34-23)33-28(38)20-11-18-12-21(13-20)36-10-8-30-27(36)19-5-6-24(39-2)25(14-19)40-17-26(37)32-15-18/h4-14,16,22H,3,15,17H2,1-2H3,(H,32,37)(H,33,38). The van der Waals surface area contributed by atoms with Crippen molar-refractivity contribution in [2.24, 2.45) is 0 Å². The quantitative estimate of drug-likeness (QED) is 0.352. The van der Waals surface area contributed by atoms with E-state index in [1.807, 2.05) is 58.7 Å². The van der Waals surface area contributed by atoms with Crippen molar-refractivity contribution < 1.29 is 19.1 Å². The molecule has 1 unspecified atom stereocenters. The van der Waals surface area contributed by atoms with Crippen LogP contribution < -0.4 is 20.1 Å². The van der Waals surface area contributed by atoms with Gasteiger partial charge in [-0.05, 0) is 54.4 Å². The third-order valence-electron chi connectivity index (χ3n) is 6.75. The number of hydrogen-bond donors (Lipinski definition) is 2. The minimum atomic E-state index is -0.311. The van der Waals surface area contributed by atoms with Gasteiger partial charge in [0.2, 0.25) is 5.78 Å². The summed E-state index contributed by atoms with van der Waals surface area (Å²) in [5.74, 6) is 1.61. The first-order valence-electron chi connectivity index (χ1n) is 12.9. The average molecular weight is 538 g/mol. The Labute approximate surface area is 229 Å².